The molecule has 1 aromatic carbocycles. The second-order valence-electron chi connectivity index (χ2n) is 24.8. The van der Waals surface area contributed by atoms with Crippen LogP contribution in [-0.4, -0.2) is 290 Å². The number of carbonyl (C=O) groups excluding carboxylic acids is 1. The maximum Gasteiger partial charge on any atom is 0.342 e. The molecule has 8 N–H and O–H groups in total. The van der Waals surface area contributed by atoms with Crippen molar-refractivity contribution in [3.8, 4) is 11.5 Å². The minimum absolute atomic E-state index is 0.0169. The molecule has 0 saturated carbocycles. The Morgan fingerprint density at radius 2 is 1.36 bits per heavy atom. The lowest BCUT2D eigenvalue weighted by molar-refractivity contribution is -0.439. The number of benzene rings is 1. The first-order chi connectivity index (χ1) is 42.6. The Labute approximate surface area is 528 Å². The fourth-order valence-electron chi connectivity index (χ4n) is 14.3. The van der Waals surface area contributed by atoms with Crippen LogP contribution in [0.2, 0.25) is 10.0 Å². The summed E-state index contributed by atoms with van der Waals surface area (Å²) in [6.07, 6.45) is -33.3. The SMILES string of the molecule is COC[C@H]1O[C@@H](OC2OC[C@@H]3OC4(O[C@H]3[C@H]2O)O[C@H](C)[C@@](O)(C(C)O)[C@@H]2OCO[C@H]24)[C@@H](OC)[C@@H](O)[C@@H]1O[C@@H]1O[C@H](C)[C@H](OC)C(OC2C[C@@]3(C)OC4(C[C@@H](O)[C@H](OC5C[C@@H](O)[C@H](OC(=O)c6c(C)c(Cl)c(O)c(Cl)c6OC)[C@@H](C)O5)[C@@H](C)O4)O[C@@H]3[C@@H](C)O2)C1O. The second kappa shape index (κ2) is 26.7. The van der Waals surface area contributed by atoms with Gasteiger partial charge in [-0.05, 0) is 61.0 Å². The molecule has 11 rings (SSSR count). The van der Waals surface area contributed by atoms with Gasteiger partial charge in [0, 0.05) is 34.2 Å². The standard InChI is InChI=1S/C57H84Cl2O31/c1-19-32(44(71-11)34(59)35(63)33(19)58)50(67)82-39-20(2)76-30(13-26(39)61)80-40-22(4)85-55(14-27(40)62)89-47-23(5)77-31(15-54(47,8)90-55)81-45-38(66)52(78-21(3)41(45)70-10)83-42-28(16-69-9)79-53(46(72-12)36(42)64)84-51-37(65)43-29(17-73-51)87-57(88-43)49-48(74-18-75-49)56(68,24(6)60)25(7)86-57/h20-31,36-43,45-49,51-53,60-66,68H,13-18H2,1-12H3/t20-,21-,22-,23-,24?,25-,26-,27-,28-,29+,30?,31?,36+,37-,38?,39-,40-,41+,42-,43-,45?,46+,47-,48-,49-,51?,52+,53+,54-,55?,56+,57?/m1/s1. The first-order valence-corrected chi connectivity index (χ1v) is 30.8. The summed E-state index contributed by atoms with van der Waals surface area (Å²) >= 11 is 12.5. The molecule has 31 nitrogen and oxygen atoms in total. The number of ether oxygens (including phenoxy) is 22. The van der Waals surface area contributed by atoms with Crippen LogP contribution in [-0.2, 0) is 99.5 Å². The highest BCUT2D eigenvalue weighted by Crippen LogP contribution is 2.53. The van der Waals surface area contributed by atoms with Crippen molar-refractivity contribution in [2.45, 2.75) is 270 Å². The monoisotopic (exact) mass is 1330 g/mol. The van der Waals surface area contributed by atoms with E-state index in [0.717, 1.165) is 0 Å². The van der Waals surface area contributed by atoms with E-state index in [1.54, 1.807) is 34.6 Å². The van der Waals surface area contributed by atoms with Crippen LogP contribution in [0.3, 0.4) is 0 Å². The van der Waals surface area contributed by atoms with Crippen molar-refractivity contribution in [2.24, 2.45) is 0 Å². The molecule has 512 valence electrons. The molecule has 32 atom stereocenters. The number of esters is 1. The number of aromatic hydroxyl groups is 1. The Morgan fingerprint density at radius 1 is 0.667 bits per heavy atom. The fourth-order valence-corrected chi connectivity index (χ4v) is 14.8. The Hall–Kier alpha value is -2.21. The van der Waals surface area contributed by atoms with Crippen molar-refractivity contribution in [1.29, 1.82) is 0 Å². The number of fused-ring (bicyclic) bond motifs is 4. The van der Waals surface area contributed by atoms with Crippen LogP contribution in [0.1, 0.15) is 83.7 Å². The summed E-state index contributed by atoms with van der Waals surface area (Å²) in [5.74, 6) is -5.34. The maximum absolute atomic E-state index is 13.5. The topological polar surface area (TPSA) is 382 Å². The quantitative estimate of drug-likeness (QED) is 0.0980. The van der Waals surface area contributed by atoms with Gasteiger partial charge in [0.1, 0.15) is 108 Å². The average Bonchev–Trinajstić information content (AvgIpc) is 1.53. The second-order valence-corrected chi connectivity index (χ2v) is 25.6. The molecule has 10 fully saturated rings. The van der Waals surface area contributed by atoms with Crippen LogP contribution in [0.15, 0.2) is 0 Å². The average molecular weight is 1340 g/mol. The Balaban J connectivity index is 0.701. The van der Waals surface area contributed by atoms with E-state index in [1.165, 1.54) is 49.2 Å². The Morgan fingerprint density at radius 3 is 2.02 bits per heavy atom. The highest BCUT2D eigenvalue weighted by molar-refractivity contribution is 6.39. The zero-order valence-corrected chi connectivity index (χ0v) is 53.1. The predicted molar refractivity (Wildman–Crippen MR) is 295 cm³/mol. The molecule has 0 aromatic heterocycles. The molecular weight excluding hydrogens is 1250 g/mol. The van der Waals surface area contributed by atoms with E-state index in [0.29, 0.717) is 0 Å². The van der Waals surface area contributed by atoms with Crippen molar-refractivity contribution in [3.05, 3.63) is 21.2 Å². The highest BCUT2D eigenvalue weighted by Gasteiger charge is 2.72. The molecule has 10 heterocycles. The number of phenols is 1. The molecule has 0 bridgehead atoms. The van der Waals surface area contributed by atoms with Crippen LogP contribution < -0.4 is 4.74 Å². The molecule has 33 heteroatoms. The molecule has 0 radical (unpaired) electrons. The van der Waals surface area contributed by atoms with Crippen LogP contribution >= 0.6 is 23.2 Å². The summed E-state index contributed by atoms with van der Waals surface area (Å²) in [6.45, 7) is 12.2. The molecule has 10 aliphatic heterocycles. The Bertz CT molecular complexity index is 2660. The van der Waals surface area contributed by atoms with Gasteiger partial charge in [0.2, 0.25) is 0 Å². The summed E-state index contributed by atoms with van der Waals surface area (Å²) < 4.78 is 134. The zero-order valence-electron chi connectivity index (χ0n) is 51.6. The van der Waals surface area contributed by atoms with E-state index in [2.05, 4.69) is 0 Å². The number of phenolic OH excluding ortho intramolecular Hbond substituents is 1. The first-order valence-electron chi connectivity index (χ1n) is 30.0. The third-order valence-electron chi connectivity index (χ3n) is 18.8. The van der Waals surface area contributed by atoms with Gasteiger partial charge in [-0.25, -0.2) is 4.79 Å². The smallest absolute Gasteiger partial charge is 0.342 e. The molecule has 2 spiro atoms. The van der Waals surface area contributed by atoms with Gasteiger partial charge in [0.05, 0.1) is 80.6 Å². The number of hydrogen-bond acceptors (Lipinski definition) is 31. The third kappa shape index (κ3) is 12.2. The number of halogens is 2. The number of carbonyl (C=O) groups is 1. The van der Waals surface area contributed by atoms with E-state index in [-0.39, 0.29) is 66.2 Å². The molecule has 1 aromatic rings. The first kappa shape index (κ1) is 69.2. The Kier molecular flexibility index (Phi) is 20.5. The van der Waals surface area contributed by atoms with Gasteiger partial charge in [-0.1, -0.05) is 23.2 Å². The predicted octanol–water partition coefficient (Wildman–Crippen LogP) is -0.363. The van der Waals surface area contributed by atoms with Gasteiger partial charge in [0.15, 0.2) is 55.2 Å². The van der Waals surface area contributed by atoms with Crippen molar-refractivity contribution < 1.29 is 150 Å². The molecule has 0 amide bonds. The number of aliphatic hydroxyl groups excluding tert-OH is 6. The lowest BCUT2D eigenvalue weighted by atomic mass is 9.80. The van der Waals surface area contributed by atoms with Gasteiger partial charge in [-0.2, -0.15) is 0 Å². The largest absolute Gasteiger partial charge is 0.505 e. The summed E-state index contributed by atoms with van der Waals surface area (Å²) in [5, 5.41) is 91.0. The molecule has 8 unspecified atom stereocenters. The molecule has 10 saturated heterocycles. The lowest BCUT2D eigenvalue weighted by Crippen LogP contribution is -2.72. The van der Waals surface area contributed by atoms with Crippen LogP contribution in [0.5, 0.6) is 11.5 Å². The summed E-state index contributed by atoms with van der Waals surface area (Å²) in [7, 11) is 5.38. The maximum atomic E-state index is 13.5. The van der Waals surface area contributed by atoms with Crippen molar-refractivity contribution >= 4 is 29.2 Å². The van der Waals surface area contributed by atoms with Crippen LogP contribution in [0, 0.1) is 6.92 Å². The summed E-state index contributed by atoms with van der Waals surface area (Å²) in [6, 6.07) is 0. The number of aliphatic hydroxyl groups is 7. The zero-order chi connectivity index (χ0) is 65.0. The van der Waals surface area contributed by atoms with Crippen molar-refractivity contribution in [1.82, 2.24) is 0 Å². The van der Waals surface area contributed by atoms with Gasteiger partial charge in [-0.15, -0.1) is 0 Å². The number of methoxy groups -OCH3 is 4. The molecule has 0 aliphatic carbocycles. The van der Waals surface area contributed by atoms with Gasteiger partial charge < -0.3 is 145 Å². The lowest BCUT2D eigenvalue weighted by Gasteiger charge is -2.51. The van der Waals surface area contributed by atoms with E-state index >= 15 is 0 Å². The van der Waals surface area contributed by atoms with Crippen molar-refractivity contribution in [2.75, 3.05) is 48.4 Å². The summed E-state index contributed by atoms with van der Waals surface area (Å²) in [5.41, 5.74) is -3.08. The van der Waals surface area contributed by atoms with Crippen LogP contribution in [0.4, 0.5) is 0 Å². The third-order valence-corrected chi connectivity index (χ3v) is 19.7. The minimum Gasteiger partial charge on any atom is -0.505 e. The van der Waals surface area contributed by atoms with E-state index < -0.39 is 207 Å². The molecular formula is C57H84Cl2O31. The van der Waals surface area contributed by atoms with Gasteiger partial charge >= 0.3 is 11.9 Å². The normalized spacial score (nSPS) is 49.7. The van der Waals surface area contributed by atoms with Gasteiger partial charge in [0.25, 0.3) is 5.97 Å². The van der Waals surface area contributed by atoms with Gasteiger partial charge in [-0.3, -0.25) is 0 Å². The molecule has 10 aliphatic rings. The van der Waals surface area contributed by atoms with Crippen LogP contribution in [0.25, 0.3) is 0 Å². The minimum atomic E-state index is -1.98. The van der Waals surface area contributed by atoms with E-state index in [1.807, 2.05) is 0 Å². The summed E-state index contributed by atoms with van der Waals surface area (Å²) in [4.78, 5) is 13.5. The highest BCUT2D eigenvalue weighted by atomic mass is 35.5. The number of hydrogen-bond donors (Lipinski definition) is 8. The fraction of sp³-hybridized carbons (Fsp3) is 0.877. The molecule has 90 heavy (non-hydrogen) atoms. The van der Waals surface area contributed by atoms with E-state index in [9.17, 15) is 45.6 Å². The van der Waals surface area contributed by atoms with E-state index in [4.69, 9.17) is 127 Å². The van der Waals surface area contributed by atoms with Crippen molar-refractivity contribution in [3.63, 3.8) is 0 Å². The number of rotatable bonds is 16.